The molecule has 0 amide bonds. The zero-order valence-corrected chi connectivity index (χ0v) is 11.5. The maximum absolute atomic E-state index is 12.1. The summed E-state index contributed by atoms with van der Waals surface area (Å²) in [6.07, 6.45) is 8.40. The average Bonchev–Trinajstić information content (AvgIpc) is 2.40. The summed E-state index contributed by atoms with van der Waals surface area (Å²) in [5.74, 6) is 1.98. The number of hydrogen-bond acceptors (Lipinski definition) is 4. The van der Waals surface area contributed by atoms with Crippen LogP contribution in [0.2, 0.25) is 0 Å². The molecule has 0 radical (unpaired) electrons. The lowest BCUT2D eigenvalue weighted by Crippen LogP contribution is -2.59. The van der Waals surface area contributed by atoms with Crippen molar-refractivity contribution in [3.63, 3.8) is 0 Å². The van der Waals surface area contributed by atoms with Gasteiger partial charge in [-0.05, 0) is 31.4 Å². The van der Waals surface area contributed by atoms with Gasteiger partial charge in [-0.25, -0.2) is 0 Å². The van der Waals surface area contributed by atoms with E-state index in [-0.39, 0.29) is 5.97 Å². The first-order valence-electron chi connectivity index (χ1n) is 6.71. The Morgan fingerprint density at radius 3 is 2.65 bits per heavy atom. The van der Waals surface area contributed by atoms with Crippen LogP contribution in [0, 0.1) is 0 Å². The zero-order valence-electron chi connectivity index (χ0n) is 10.7. The third-order valence-corrected chi connectivity index (χ3v) is 5.18. The second-order valence-corrected chi connectivity index (χ2v) is 6.31. The third kappa shape index (κ3) is 3.16. The van der Waals surface area contributed by atoms with Gasteiger partial charge in [-0.3, -0.25) is 10.1 Å². The molecule has 2 fully saturated rings. The predicted octanol–water partition coefficient (Wildman–Crippen LogP) is 2.35. The molecule has 1 aliphatic heterocycles. The molecule has 0 spiro atoms. The summed E-state index contributed by atoms with van der Waals surface area (Å²) < 4.78 is 5.02. The highest BCUT2D eigenvalue weighted by Crippen LogP contribution is 2.30. The van der Waals surface area contributed by atoms with E-state index < -0.39 is 5.54 Å². The minimum absolute atomic E-state index is 0.0599. The Morgan fingerprint density at radius 1 is 1.29 bits per heavy atom. The first-order valence-corrected chi connectivity index (χ1v) is 7.86. The van der Waals surface area contributed by atoms with Gasteiger partial charge in [0, 0.05) is 11.8 Å². The number of carbonyl (C=O) groups is 1. The summed E-state index contributed by atoms with van der Waals surface area (Å²) in [5, 5.41) is 3.63. The van der Waals surface area contributed by atoms with E-state index in [1.165, 1.54) is 45.0 Å². The van der Waals surface area contributed by atoms with Crippen LogP contribution in [-0.4, -0.2) is 36.2 Å². The molecule has 0 aromatic heterocycles. The van der Waals surface area contributed by atoms with Crippen molar-refractivity contribution < 1.29 is 9.53 Å². The van der Waals surface area contributed by atoms with E-state index in [9.17, 15) is 4.79 Å². The molecule has 3 nitrogen and oxygen atoms in total. The lowest BCUT2D eigenvalue weighted by Gasteiger charge is -2.39. The van der Waals surface area contributed by atoms with E-state index in [2.05, 4.69) is 5.32 Å². The van der Waals surface area contributed by atoms with Crippen LogP contribution in [0.3, 0.4) is 0 Å². The van der Waals surface area contributed by atoms with E-state index in [1.54, 1.807) is 0 Å². The molecule has 1 saturated carbocycles. The molecule has 1 aliphatic carbocycles. The SMILES string of the molecule is COC(=O)C1(NC2CCCCC2)CCCSC1. The van der Waals surface area contributed by atoms with E-state index in [0.717, 1.165) is 18.6 Å². The molecule has 1 unspecified atom stereocenters. The van der Waals surface area contributed by atoms with Crippen molar-refractivity contribution in [1.29, 1.82) is 0 Å². The van der Waals surface area contributed by atoms with Gasteiger partial charge in [0.2, 0.25) is 0 Å². The molecule has 2 aliphatic rings. The van der Waals surface area contributed by atoms with Gasteiger partial charge in [-0.15, -0.1) is 0 Å². The highest BCUT2D eigenvalue weighted by atomic mass is 32.2. The molecule has 1 saturated heterocycles. The number of nitrogens with one attached hydrogen (secondary N) is 1. The molecule has 0 bridgehead atoms. The summed E-state index contributed by atoms with van der Waals surface area (Å²) in [4.78, 5) is 12.1. The normalized spacial score (nSPS) is 31.1. The zero-order chi connectivity index (χ0) is 12.1. The number of carbonyl (C=O) groups excluding carboxylic acids is 1. The standard InChI is InChI=1S/C13H23NO2S/c1-16-12(15)13(8-5-9-17-10-13)14-11-6-3-2-4-7-11/h11,14H,2-10H2,1H3. The van der Waals surface area contributed by atoms with Gasteiger partial charge < -0.3 is 4.74 Å². The van der Waals surface area contributed by atoms with Crippen LogP contribution < -0.4 is 5.32 Å². The number of thioether (sulfide) groups is 1. The second-order valence-electron chi connectivity index (χ2n) is 5.21. The second kappa shape index (κ2) is 6.10. The number of hydrogen-bond donors (Lipinski definition) is 1. The maximum atomic E-state index is 12.1. The van der Waals surface area contributed by atoms with Crippen LogP contribution in [0.1, 0.15) is 44.9 Å². The van der Waals surface area contributed by atoms with Crippen LogP contribution in [-0.2, 0) is 9.53 Å². The molecule has 2 rings (SSSR count). The summed E-state index contributed by atoms with van der Waals surface area (Å²) in [7, 11) is 1.51. The van der Waals surface area contributed by atoms with Gasteiger partial charge in [0.05, 0.1) is 7.11 Å². The summed E-state index contributed by atoms with van der Waals surface area (Å²) >= 11 is 1.87. The van der Waals surface area contributed by atoms with Crippen LogP contribution in [0.4, 0.5) is 0 Å². The van der Waals surface area contributed by atoms with Crippen LogP contribution in [0.5, 0.6) is 0 Å². The van der Waals surface area contributed by atoms with Crippen molar-refractivity contribution in [2.75, 3.05) is 18.6 Å². The number of ether oxygens (including phenoxy) is 1. The molecular weight excluding hydrogens is 234 g/mol. The third-order valence-electron chi connectivity index (χ3n) is 3.90. The van der Waals surface area contributed by atoms with Crippen LogP contribution in [0.15, 0.2) is 0 Å². The molecule has 0 aromatic rings. The number of esters is 1. The molecular formula is C13H23NO2S. The van der Waals surface area contributed by atoms with Gasteiger partial charge in [0.15, 0.2) is 0 Å². The molecule has 17 heavy (non-hydrogen) atoms. The molecule has 98 valence electrons. The minimum Gasteiger partial charge on any atom is -0.468 e. The van der Waals surface area contributed by atoms with E-state index >= 15 is 0 Å². The number of methoxy groups -OCH3 is 1. The Hall–Kier alpha value is -0.220. The van der Waals surface area contributed by atoms with E-state index in [0.29, 0.717) is 6.04 Å². The van der Waals surface area contributed by atoms with Gasteiger partial charge in [0.1, 0.15) is 5.54 Å². The van der Waals surface area contributed by atoms with Crippen molar-refractivity contribution in [2.45, 2.75) is 56.5 Å². The lowest BCUT2D eigenvalue weighted by molar-refractivity contribution is -0.148. The van der Waals surface area contributed by atoms with Crippen molar-refractivity contribution in [1.82, 2.24) is 5.32 Å². The first-order chi connectivity index (χ1) is 8.27. The fraction of sp³-hybridized carbons (Fsp3) is 0.923. The van der Waals surface area contributed by atoms with E-state index in [4.69, 9.17) is 4.74 Å². The Morgan fingerprint density at radius 2 is 2.06 bits per heavy atom. The lowest BCUT2D eigenvalue weighted by atomic mass is 9.89. The quantitative estimate of drug-likeness (QED) is 0.788. The van der Waals surface area contributed by atoms with Crippen LogP contribution in [0.25, 0.3) is 0 Å². The van der Waals surface area contributed by atoms with Crippen molar-refractivity contribution in [3.8, 4) is 0 Å². The highest BCUT2D eigenvalue weighted by Gasteiger charge is 2.42. The maximum Gasteiger partial charge on any atom is 0.326 e. The van der Waals surface area contributed by atoms with Crippen molar-refractivity contribution >= 4 is 17.7 Å². The molecule has 1 atom stereocenters. The van der Waals surface area contributed by atoms with Gasteiger partial charge in [-0.2, -0.15) is 11.8 Å². The molecule has 0 aromatic carbocycles. The Labute approximate surface area is 108 Å². The van der Waals surface area contributed by atoms with Crippen molar-refractivity contribution in [2.24, 2.45) is 0 Å². The summed E-state index contributed by atoms with van der Waals surface area (Å²) in [5.41, 5.74) is -0.403. The fourth-order valence-electron chi connectivity index (χ4n) is 2.96. The van der Waals surface area contributed by atoms with Crippen LogP contribution >= 0.6 is 11.8 Å². The summed E-state index contributed by atoms with van der Waals surface area (Å²) in [6.45, 7) is 0. The topological polar surface area (TPSA) is 38.3 Å². The fourth-order valence-corrected chi connectivity index (χ4v) is 4.15. The predicted molar refractivity (Wildman–Crippen MR) is 71.3 cm³/mol. The monoisotopic (exact) mass is 257 g/mol. The Kier molecular flexibility index (Phi) is 4.74. The van der Waals surface area contributed by atoms with Gasteiger partial charge >= 0.3 is 5.97 Å². The summed E-state index contributed by atoms with van der Waals surface area (Å²) in [6, 6.07) is 0.515. The Bertz CT molecular complexity index is 258. The van der Waals surface area contributed by atoms with E-state index in [1.807, 2.05) is 11.8 Å². The average molecular weight is 257 g/mol. The number of rotatable bonds is 3. The minimum atomic E-state index is -0.403. The van der Waals surface area contributed by atoms with Gasteiger partial charge in [0.25, 0.3) is 0 Å². The van der Waals surface area contributed by atoms with Gasteiger partial charge in [-0.1, -0.05) is 19.3 Å². The first kappa shape index (κ1) is 13.2. The molecule has 4 heteroatoms. The largest absolute Gasteiger partial charge is 0.468 e. The smallest absolute Gasteiger partial charge is 0.326 e. The Balaban J connectivity index is 2.01. The highest BCUT2D eigenvalue weighted by molar-refractivity contribution is 7.99. The molecule has 1 heterocycles. The van der Waals surface area contributed by atoms with Crippen molar-refractivity contribution in [3.05, 3.63) is 0 Å². The molecule has 1 N–H and O–H groups in total.